The maximum absolute atomic E-state index is 5.38. The van der Waals surface area contributed by atoms with E-state index in [1.54, 1.807) is 12.4 Å². The first-order chi connectivity index (χ1) is 11.1. The molecule has 0 radical (unpaired) electrons. The van der Waals surface area contributed by atoms with Gasteiger partial charge in [-0.2, -0.15) is 0 Å². The second-order valence-electron chi connectivity index (χ2n) is 5.72. The van der Waals surface area contributed by atoms with E-state index in [9.17, 15) is 0 Å². The molecule has 0 atom stereocenters. The van der Waals surface area contributed by atoms with Gasteiger partial charge in [0, 0.05) is 16.9 Å². The largest absolute Gasteiger partial charge is 0.494 e. The van der Waals surface area contributed by atoms with Gasteiger partial charge in [-0.05, 0) is 43.9 Å². The first-order valence-electron chi connectivity index (χ1n) is 7.81. The summed E-state index contributed by atoms with van der Waals surface area (Å²) < 4.78 is 6.47. The number of ether oxygens (including phenoxy) is 1. The Morgan fingerprint density at radius 3 is 2.43 bits per heavy atom. The Balaban J connectivity index is 1.77. The summed E-state index contributed by atoms with van der Waals surface area (Å²) >= 11 is 3.49. The predicted octanol–water partition coefficient (Wildman–Crippen LogP) is 4.74. The van der Waals surface area contributed by atoms with Crippen molar-refractivity contribution in [3.63, 3.8) is 0 Å². The predicted molar refractivity (Wildman–Crippen MR) is 96.0 cm³/mol. The van der Waals surface area contributed by atoms with Crippen LogP contribution in [0.5, 0.6) is 0 Å². The molecule has 5 heteroatoms. The van der Waals surface area contributed by atoms with E-state index in [1.807, 2.05) is 6.92 Å². The molecular weight excluding hydrogens is 354 g/mol. The van der Waals surface area contributed by atoms with Gasteiger partial charge in [-0.15, -0.1) is 0 Å². The minimum atomic E-state index is -0.0564. The zero-order valence-corrected chi connectivity index (χ0v) is 14.8. The standard InChI is InChI=1S/C18H20BrN3O/c1-3-23-13(2)14-11-20-17(21-12-14)22-18(9-4-10-18)15-5-7-16(19)8-6-15/h5-8,11-12H,2-4,9-10H2,1H3,(H,20,21,22). The first kappa shape index (κ1) is 16.0. The molecule has 0 bridgehead atoms. The van der Waals surface area contributed by atoms with E-state index in [1.165, 1.54) is 12.0 Å². The molecule has 1 aliphatic carbocycles. The minimum absolute atomic E-state index is 0.0564. The maximum atomic E-state index is 5.38. The third-order valence-electron chi connectivity index (χ3n) is 4.25. The zero-order valence-electron chi connectivity index (χ0n) is 13.2. The van der Waals surface area contributed by atoms with Crippen LogP contribution in [0.15, 0.2) is 47.7 Å². The summed E-state index contributed by atoms with van der Waals surface area (Å²) in [5.74, 6) is 1.24. The fourth-order valence-corrected chi connectivity index (χ4v) is 3.06. The number of hydrogen-bond acceptors (Lipinski definition) is 4. The van der Waals surface area contributed by atoms with Crippen molar-refractivity contribution in [3.8, 4) is 0 Å². The summed E-state index contributed by atoms with van der Waals surface area (Å²) in [4.78, 5) is 8.84. The molecule has 23 heavy (non-hydrogen) atoms. The molecule has 3 rings (SSSR count). The number of anilines is 1. The van der Waals surface area contributed by atoms with Crippen molar-refractivity contribution in [3.05, 3.63) is 58.8 Å². The molecule has 0 amide bonds. The molecule has 1 heterocycles. The molecule has 1 N–H and O–H groups in total. The zero-order chi connectivity index (χ0) is 16.3. The lowest BCUT2D eigenvalue weighted by Gasteiger charge is -2.43. The Morgan fingerprint density at radius 2 is 1.91 bits per heavy atom. The van der Waals surface area contributed by atoms with E-state index < -0.39 is 0 Å². The maximum Gasteiger partial charge on any atom is 0.223 e. The van der Waals surface area contributed by atoms with Crippen LogP contribution in [0.4, 0.5) is 5.95 Å². The van der Waals surface area contributed by atoms with Crippen LogP contribution in [0.3, 0.4) is 0 Å². The average molecular weight is 374 g/mol. The molecule has 1 saturated carbocycles. The number of aromatic nitrogens is 2. The Kier molecular flexibility index (Phi) is 4.66. The van der Waals surface area contributed by atoms with Gasteiger partial charge in [-0.3, -0.25) is 0 Å². The first-order valence-corrected chi connectivity index (χ1v) is 8.60. The van der Waals surface area contributed by atoms with Gasteiger partial charge < -0.3 is 10.1 Å². The molecule has 0 saturated heterocycles. The van der Waals surface area contributed by atoms with Crippen molar-refractivity contribution in [1.29, 1.82) is 0 Å². The van der Waals surface area contributed by atoms with E-state index in [4.69, 9.17) is 4.74 Å². The topological polar surface area (TPSA) is 47.0 Å². The summed E-state index contributed by atoms with van der Waals surface area (Å²) in [6, 6.07) is 8.46. The normalized spacial score (nSPS) is 15.6. The minimum Gasteiger partial charge on any atom is -0.494 e. The van der Waals surface area contributed by atoms with E-state index in [-0.39, 0.29) is 5.54 Å². The van der Waals surface area contributed by atoms with Crippen molar-refractivity contribution in [2.45, 2.75) is 31.7 Å². The lowest BCUT2D eigenvalue weighted by molar-refractivity contribution is 0.282. The van der Waals surface area contributed by atoms with Gasteiger partial charge in [0.1, 0.15) is 5.76 Å². The van der Waals surface area contributed by atoms with E-state index >= 15 is 0 Å². The lowest BCUT2D eigenvalue weighted by atomic mass is 9.72. The number of nitrogens with zero attached hydrogens (tertiary/aromatic N) is 2. The van der Waals surface area contributed by atoms with Crippen molar-refractivity contribution in [2.75, 3.05) is 11.9 Å². The van der Waals surface area contributed by atoms with E-state index in [0.717, 1.165) is 22.9 Å². The Morgan fingerprint density at radius 1 is 1.26 bits per heavy atom. The van der Waals surface area contributed by atoms with Crippen LogP contribution in [0.1, 0.15) is 37.3 Å². The van der Waals surface area contributed by atoms with Gasteiger partial charge in [-0.25, -0.2) is 9.97 Å². The van der Waals surface area contributed by atoms with Crippen LogP contribution in [0, 0.1) is 0 Å². The highest BCUT2D eigenvalue weighted by Gasteiger charge is 2.39. The molecular formula is C18H20BrN3O. The third kappa shape index (κ3) is 3.39. The van der Waals surface area contributed by atoms with Gasteiger partial charge >= 0.3 is 0 Å². The summed E-state index contributed by atoms with van der Waals surface area (Å²) in [7, 11) is 0. The molecule has 1 aromatic carbocycles. The van der Waals surface area contributed by atoms with Gasteiger partial charge in [-0.1, -0.05) is 34.6 Å². The molecule has 120 valence electrons. The highest BCUT2D eigenvalue weighted by Crippen LogP contribution is 2.43. The van der Waals surface area contributed by atoms with Crippen LogP contribution in [0.2, 0.25) is 0 Å². The number of benzene rings is 1. The Hall–Kier alpha value is -1.88. The number of nitrogens with one attached hydrogen (secondary N) is 1. The monoisotopic (exact) mass is 373 g/mol. The molecule has 1 aliphatic rings. The van der Waals surface area contributed by atoms with Gasteiger partial charge in [0.15, 0.2) is 0 Å². The second-order valence-corrected chi connectivity index (χ2v) is 6.63. The average Bonchev–Trinajstić information content (AvgIpc) is 2.53. The summed E-state index contributed by atoms with van der Waals surface area (Å²) in [6.45, 7) is 6.39. The van der Waals surface area contributed by atoms with Gasteiger partial charge in [0.25, 0.3) is 0 Å². The van der Waals surface area contributed by atoms with Crippen LogP contribution < -0.4 is 5.32 Å². The third-order valence-corrected chi connectivity index (χ3v) is 4.78. The van der Waals surface area contributed by atoms with Crippen molar-refractivity contribution in [1.82, 2.24) is 9.97 Å². The molecule has 4 nitrogen and oxygen atoms in total. The fraction of sp³-hybridized carbons (Fsp3) is 0.333. The van der Waals surface area contributed by atoms with Crippen LogP contribution in [-0.4, -0.2) is 16.6 Å². The van der Waals surface area contributed by atoms with Crippen LogP contribution in [-0.2, 0) is 10.3 Å². The number of rotatable bonds is 6. The molecule has 0 aliphatic heterocycles. The number of hydrogen-bond donors (Lipinski definition) is 1. The molecule has 2 aromatic rings. The molecule has 1 fully saturated rings. The highest BCUT2D eigenvalue weighted by molar-refractivity contribution is 9.10. The van der Waals surface area contributed by atoms with Gasteiger partial charge in [0.05, 0.1) is 17.7 Å². The van der Waals surface area contributed by atoms with Crippen molar-refractivity contribution in [2.24, 2.45) is 0 Å². The summed E-state index contributed by atoms with van der Waals surface area (Å²) in [5.41, 5.74) is 2.03. The quantitative estimate of drug-likeness (QED) is 0.742. The van der Waals surface area contributed by atoms with E-state index in [0.29, 0.717) is 18.3 Å². The smallest absolute Gasteiger partial charge is 0.223 e. The van der Waals surface area contributed by atoms with Crippen LogP contribution >= 0.6 is 15.9 Å². The highest BCUT2D eigenvalue weighted by atomic mass is 79.9. The van der Waals surface area contributed by atoms with Crippen LogP contribution in [0.25, 0.3) is 5.76 Å². The fourth-order valence-electron chi connectivity index (χ4n) is 2.79. The summed E-state index contributed by atoms with van der Waals surface area (Å²) in [5, 5.41) is 3.52. The molecule has 0 spiro atoms. The SMILES string of the molecule is C=C(OCC)c1cnc(NC2(c3ccc(Br)cc3)CCC2)nc1. The summed E-state index contributed by atoms with van der Waals surface area (Å²) in [6.07, 6.45) is 6.89. The molecule has 0 unspecified atom stereocenters. The van der Waals surface area contributed by atoms with E-state index in [2.05, 4.69) is 62.1 Å². The lowest BCUT2D eigenvalue weighted by Crippen LogP contribution is -2.42. The van der Waals surface area contributed by atoms with Gasteiger partial charge in [0.2, 0.25) is 5.95 Å². The van der Waals surface area contributed by atoms with Crippen molar-refractivity contribution >= 4 is 27.6 Å². The Labute approximate surface area is 145 Å². The van der Waals surface area contributed by atoms with Crippen molar-refractivity contribution < 1.29 is 4.74 Å². The molecule has 1 aromatic heterocycles. The Bertz CT molecular complexity index is 678. The second kappa shape index (κ2) is 6.71. The number of halogens is 1.